The number of Topliss-reactive ketones (excluding diaryl/α,β-unsaturated/α-hetero) is 1. The molecule has 1 saturated heterocycles. The summed E-state index contributed by atoms with van der Waals surface area (Å²) in [4.78, 5) is 34.2. The van der Waals surface area contributed by atoms with Crippen molar-refractivity contribution >= 4 is 11.6 Å². The van der Waals surface area contributed by atoms with E-state index < -0.39 is 5.41 Å². The standard InChI is InChI=1S/C10H16N4O3/c1-10(5-3-9(12-16)11-13-17)7-14(2)6-4-8(10)15/h3-7H2,1-2H3/b11-9+. The average Bonchev–Trinajstić information content (AvgIpc) is 2.30. The highest BCUT2D eigenvalue weighted by Gasteiger charge is 2.37. The summed E-state index contributed by atoms with van der Waals surface area (Å²) in [6.45, 7) is 3.27. The Morgan fingerprint density at radius 1 is 1.47 bits per heavy atom. The molecule has 1 aliphatic heterocycles. The Morgan fingerprint density at radius 3 is 2.76 bits per heavy atom. The van der Waals surface area contributed by atoms with Gasteiger partial charge in [0.25, 0.3) is 0 Å². The molecule has 7 heteroatoms. The Bertz CT molecular complexity index is 355. The van der Waals surface area contributed by atoms with Crippen LogP contribution in [-0.4, -0.2) is 36.7 Å². The molecule has 1 rings (SSSR count). The Morgan fingerprint density at radius 2 is 2.18 bits per heavy atom. The minimum absolute atomic E-state index is 0.151. The van der Waals surface area contributed by atoms with Gasteiger partial charge in [0.05, 0.1) is 5.29 Å². The topological polar surface area (TPSA) is 91.5 Å². The van der Waals surface area contributed by atoms with Gasteiger partial charge in [-0.25, -0.2) is 0 Å². The van der Waals surface area contributed by atoms with Gasteiger partial charge in [-0.15, -0.1) is 9.81 Å². The van der Waals surface area contributed by atoms with Crippen molar-refractivity contribution in [2.45, 2.75) is 26.2 Å². The van der Waals surface area contributed by atoms with E-state index in [0.717, 1.165) is 6.54 Å². The number of hydrogen-bond donors (Lipinski definition) is 0. The molecule has 0 aliphatic carbocycles. The lowest BCUT2D eigenvalue weighted by Gasteiger charge is -2.37. The van der Waals surface area contributed by atoms with Gasteiger partial charge in [0.15, 0.2) is 5.84 Å². The van der Waals surface area contributed by atoms with E-state index in [4.69, 9.17) is 0 Å². The maximum atomic E-state index is 11.9. The van der Waals surface area contributed by atoms with Crippen LogP contribution in [-0.2, 0) is 4.79 Å². The van der Waals surface area contributed by atoms with Crippen molar-refractivity contribution < 1.29 is 4.79 Å². The molecule has 17 heavy (non-hydrogen) atoms. The summed E-state index contributed by atoms with van der Waals surface area (Å²) >= 11 is 0. The Hall–Kier alpha value is -1.50. The first-order valence-corrected chi connectivity index (χ1v) is 5.46. The van der Waals surface area contributed by atoms with Crippen LogP contribution in [0.1, 0.15) is 26.2 Å². The SMILES string of the molecule is CN1CCC(=O)C(C)(CC/C(N=O)=N\N=O)C1. The van der Waals surface area contributed by atoms with E-state index in [1.165, 1.54) is 0 Å². The van der Waals surface area contributed by atoms with Crippen molar-refractivity contribution in [1.82, 2.24) is 4.90 Å². The summed E-state index contributed by atoms with van der Waals surface area (Å²) in [5.74, 6) is 0.0298. The second-order valence-corrected chi connectivity index (χ2v) is 4.66. The highest BCUT2D eigenvalue weighted by atomic mass is 16.3. The normalized spacial score (nSPS) is 26.9. The van der Waals surface area contributed by atoms with Gasteiger partial charge in [0.1, 0.15) is 5.78 Å². The quantitative estimate of drug-likeness (QED) is 0.322. The summed E-state index contributed by atoms with van der Waals surface area (Å²) in [6.07, 6.45) is 1.17. The van der Waals surface area contributed by atoms with E-state index in [2.05, 4.69) is 20.5 Å². The molecule has 1 aliphatic rings. The fourth-order valence-electron chi connectivity index (χ4n) is 2.12. The van der Waals surface area contributed by atoms with Gasteiger partial charge in [-0.1, -0.05) is 12.0 Å². The molecule has 0 saturated carbocycles. The highest BCUT2D eigenvalue weighted by molar-refractivity contribution is 5.87. The molecule has 94 valence electrons. The lowest BCUT2D eigenvalue weighted by Crippen LogP contribution is -2.46. The molecule has 1 atom stereocenters. The minimum atomic E-state index is -0.499. The lowest BCUT2D eigenvalue weighted by molar-refractivity contribution is -0.132. The molecule has 0 N–H and O–H groups in total. The Kier molecular flexibility index (Phi) is 4.56. The van der Waals surface area contributed by atoms with E-state index in [1.54, 1.807) is 0 Å². The van der Waals surface area contributed by atoms with Gasteiger partial charge >= 0.3 is 0 Å². The van der Waals surface area contributed by atoms with E-state index in [0.29, 0.717) is 19.4 Å². The first-order chi connectivity index (χ1) is 8.01. The molecule has 1 fully saturated rings. The van der Waals surface area contributed by atoms with Crippen LogP contribution in [0.25, 0.3) is 0 Å². The smallest absolute Gasteiger partial charge is 0.198 e. The van der Waals surface area contributed by atoms with Crippen LogP contribution in [0.3, 0.4) is 0 Å². The number of piperidine rings is 1. The van der Waals surface area contributed by atoms with Gasteiger partial charge in [0, 0.05) is 31.3 Å². The molecule has 0 spiro atoms. The van der Waals surface area contributed by atoms with Crippen molar-refractivity contribution in [1.29, 1.82) is 0 Å². The fourth-order valence-corrected chi connectivity index (χ4v) is 2.12. The number of carbonyl (C=O) groups excluding carboxylic acids is 1. The number of likely N-dealkylation sites (tertiary alicyclic amines) is 1. The van der Waals surface area contributed by atoms with Crippen LogP contribution in [0.5, 0.6) is 0 Å². The van der Waals surface area contributed by atoms with Crippen molar-refractivity contribution in [3.8, 4) is 0 Å². The number of rotatable bonds is 4. The Balaban J connectivity index is 2.65. The Labute approximate surface area is 99.2 Å². The molecule has 0 aromatic carbocycles. The number of amidine groups is 1. The zero-order valence-corrected chi connectivity index (χ0v) is 10.0. The molecule has 0 radical (unpaired) electrons. The van der Waals surface area contributed by atoms with Crippen LogP contribution in [0.4, 0.5) is 0 Å². The van der Waals surface area contributed by atoms with Crippen LogP contribution < -0.4 is 0 Å². The first kappa shape index (κ1) is 13.6. The third-order valence-corrected chi connectivity index (χ3v) is 3.17. The highest BCUT2D eigenvalue weighted by Crippen LogP contribution is 2.30. The van der Waals surface area contributed by atoms with E-state index in [-0.39, 0.29) is 18.0 Å². The van der Waals surface area contributed by atoms with Crippen molar-refractivity contribution in [2.75, 3.05) is 20.1 Å². The second-order valence-electron chi connectivity index (χ2n) is 4.66. The maximum absolute atomic E-state index is 11.9. The maximum Gasteiger partial charge on any atom is 0.198 e. The van der Waals surface area contributed by atoms with Crippen LogP contribution >= 0.6 is 0 Å². The molecular weight excluding hydrogens is 224 g/mol. The molecule has 1 heterocycles. The molecule has 7 nitrogen and oxygen atoms in total. The van der Waals surface area contributed by atoms with E-state index in [1.807, 2.05) is 14.0 Å². The number of carbonyl (C=O) groups is 1. The molecule has 0 bridgehead atoms. The first-order valence-electron chi connectivity index (χ1n) is 5.46. The number of nitrogens with zero attached hydrogens (tertiary/aromatic N) is 4. The minimum Gasteiger partial charge on any atom is -0.305 e. The monoisotopic (exact) mass is 240 g/mol. The predicted octanol–water partition coefficient (Wildman–Crippen LogP) is 1.52. The zero-order chi connectivity index (χ0) is 12.9. The number of ketones is 1. The average molecular weight is 240 g/mol. The van der Waals surface area contributed by atoms with Gasteiger partial charge in [-0.3, -0.25) is 4.79 Å². The summed E-state index contributed by atoms with van der Waals surface area (Å²) in [5.41, 5.74) is -0.499. The lowest BCUT2D eigenvalue weighted by atomic mass is 9.77. The van der Waals surface area contributed by atoms with Crippen LogP contribution in [0.15, 0.2) is 15.6 Å². The number of hydrogen-bond acceptors (Lipinski definition) is 5. The summed E-state index contributed by atoms with van der Waals surface area (Å²) < 4.78 is 0. The van der Waals surface area contributed by atoms with E-state index >= 15 is 0 Å². The summed E-state index contributed by atoms with van der Waals surface area (Å²) in [7, 11) is 1.95. The molecule has 0 amide bonds. The van der Waals surface area contributed by atoms with E-state index in [9.17, 15) is 14.6 Å². The largest absolute Gasteiger partial charge is 0.305 e. The van der Waals surface area contributed by atoms with Gasteiger partial charge in [-0.05, 0) is 18.6 Å². The van der Waals surface area contributed by atoms with Crippen molar-refractivity contribution in [3.05, 3.63) is 9.81 Å². The third kappa shape index (κ3) is 3.48. The van der Waals surface area contributed by atoms with Gasteiger partial charge < -0.3 is 4.90 Å². The fraction of sp³-hybridized carbons (Fsp3) is 0.800. The van der Waals surface area contributed by atoms with Gasteiger partial charge in [-0.2, -0.15) is 0 Å². The van der Waals surface area contributed by atoms with Crippen molar-refractivity contribution in [2.24, 2.45) is 21.0 Å². The number of nitroso groups, excluding NO2 is 2. The molecule has 1 unspecified atom stereocenters. The predicted molar refractivity (Wildman–Crippen MR) is 63.5 cm³/mol. The second kappa shape index (κ2) is 5.72. The van der Waals surface area contributed by atoms with Crippen LogP contribution in [0, 0.1) is 15.2 Å². The third-order valence-electron chi connectivity index (χ3n) is 3.17. The summed E-state index contributed by atoms with van der Waals surface area (Å²) in [5, 5.41) is 7.98. The van der Waals surface area contributed by atoms with Crippen LogP contribution in [0.2, 0.25) is 0 Å². The molecule has 0 aromatic heterocycles. The summed E-state index contributed by atoms with van der Waals surface area (Å²) in [6, 6.07) is 0. The zero-order valence-electron chi connectivity index (χ0n) is 10.0. The molecule has 0 aromatic rings. The molecular formula is C10H16N4O3. The van der Waals surface area contributed by atoms with Gasteiger partial charge in [0.2, 0.25) is 0 Å². The van der Waals surface area contributed by atoms with Crippen molar-refractivity contribution in [3.63, 3.8) is 0 Å².